The first-order valence-electron chi connectivity index (χ1n) is 8.86. The number of hydrogen-bond donors (Lipinski definition) is 0. The summed E-state index contributed by atoms with van der Waals surface area (Å²) in [5.74, 6) is -0.226. The molecule has 2 aromatic rings. The predicted molar refractivity (Wildman–Crippen MR) is 108 cm³/mol. The Morgan fingerprint density at radius 2 is 1.52 bits per heavy atom. The summed E-state index contributed by atoms with van der Waals surface area (Å²) in [5.41, 5.74) is 2.43. The Kier molecular flexibility index (Phi) is 5.11. The minimum absolute atomic E-state index is 0.0130. The quantitative estimate of drug-likeness (QED) is 0.705. The van der Waals surface area contributed by atoms with Gasteiger partial charge in [0.1, 0.15) is 10.8 Å². The van der Waals surface area contributed by atoms with Gasteiger partial charge >= 0.3 is 0 Å². The van der Waals surface area contributed by atoms with Crippen molar-refractivity contribution < 1.29 is 14.3 Å². The van der Waals surface area contributed by atoms with Crippen molar-refractivity contribution in [2.75, 3.05) is 11.5 Å². The van der Waals surface area contributed by atoms with E-state index >= 15 is 0 Å². The highest BCUT2D eigenvalue weighted by Crippen LogP contribution is 2.36. The number of nitrogens with zero attached hydrogens (tertiary/aromatic N) is 1. The Labute approximate surface area is 164 Å². The molecule has 0 spiro atoms. The van der Waals surface area contributed by atoms with Gasteiger partial charge < -0.3 is 4.74 Å². The third kappa shape index (κ3) is 3.62. The Bertz CT molecular complexity index is 906. The van der Waals surface area contributed by atoms with Crippen molar-refractivity contribution in [3.63, 3.8) is 0 Å². The van der Waals surface area contributed by atoms with Gasteiger partial charge in [0, 0.05) is 0 Å². The largest absolute Gasteiger partial charge is 0.494 e. The van der Waals surface area contributed by atoms with Gasteiger partial charge in [-0.3, -0.25) is 9.59 Å². The predicted octanol–water partition coefficient (Wildman–Crippen LogP) is 4.91. The number of carbonyl (C=O) groups is 2. The number of anilines is 1. The molecule has 140 valence electrons. The molecule has 4 nitrogen and oxygen atoms in total. The van der Waals surface area contributed by atoms with Crippen molar-refractivity contribution in [1.82, 2.24) is 0 Å². The first kappa shape index (κ1) is 19.2. The van der Waals surface area contributed by atoms with Crippen molar-refractivity contribution >= 4 is 34.7 Å². The molecule has 0 fully saturated rings. The van der Waals surface area contributed by atoms with Gasteiger partial charge in [0.25, 0.3) is 11.8 Å². The molecule has 1 aliphatic rings. The number of amides is 2. The number of halogens is 1. The molecule has 0 atom stereocenters. The van der Waals surface area contributed by atoms with E-state index in [1.54, 1.807) is 36.4 Å². The minimum Gasteiger partial charge on any atom is -0.494 e. The summed E-state index contributed by atoms with van der Waals surface area (Å²) in [4.78, 5) is 26.7. The number of benzene rings is 2. The highest BCUT2D eigenvalue weighted by Gasteiger charge is 2.39. The zero-order valence-electron chi connectivity index (χ0n) is 15.9. The third-order valence-electron chi connectivity index (χ3n) is 4.47. The van der Waals surface area contributed by atoms with E-state index in [1.807, 2.05) is 19.1 Å². The number of ether oxygens (including phenoxy) is 1. The second-order valence-corrected chi connectivity index (χ2v) is 7.77. The maximum Gasteiger partial charge on any atom is 0.277 e. The van der Waals surface area contributed by atoms with E-state index in [0.29, 0.717) is 23.6 Å². The van der Waals surface area contributed by atoms with Gasteiger partial charge in [-0.05, 0) is 47.7 Å². The zero-order valence-corrected chi connectivity index (χ0v) is 16.6. The summed E-state index contributed by atoms with van der Waals surface area (Å²) in [6.45, 7) is 8.78. The van der Waals surface area contributed by atoms with E-state index < -0.39 is 11.8 Å². The fraction of sp³-hybridized carbons (Fsp3) is 0.273. The van der Waals surface area contributed by atoms with Crippen LogP contribution < -0.4 is 9.64 Å². The average Bonchev–Trinajstić information content (AvgIpc) is 2.85. The van der Waals surface area contributed by atoms with Crippen molar-refractivity contribution in [1.29, 1.82) is 0 Å². The summed E-state index contributed by atoms with van der Waals surface area (Å²) < 4.78 is 5.42. The Morgan fingerprint density at radius 1 is 0.926 bits per heavy atom. The van der Waals surface area contributed by atoms with E-state index in [1.165, 1.54) is 0 Å². The lowest BCUT2D eigenvalue weighted by molar-refractivity contribution is -0.119. The van der Waals surface area contributed by atoms with Gasteiger partial charge in [0.05, 0.1) is 17.9 Å². The van der Waals surface area contributed by atoms with Gasteiger partial charge in [-0.25, -0.2) is 4.90 Å². The second kappa shape index (κ2) is 7.20. The summed E-state index contributed by atoms with van der Waals surface area (Å²) in [7, 11) is 0. The normalized spacial score (nSPS) is 14.9. The Morgan fingerprint density at radius 3 is 2.04 bits per heavy atom. The molecule has 0 saturated carbocycles. The Balaban J connectivity index is 1.92. The van der Waals surface area contributed by atoms with Crippen LogP contribution in [0.4, 0.5) is 5.69 Å². The van der Waals surface area contributed by atoms with Gasteiger partial charge in [-0.1, -0.05) is 56.6 Å². The standard InChI is InChI=1S/C22H22ClNO3/c1-5-27-17-12-6-14(7-13-17)18-19(23)21(26)24(20(18)25)16-10-8-15(9-11-16)22(2,3)4/h6-13H,5H2,1-4H3. The third-order valence-corrected chi connectivity index (χ3v) is 4.82. The topological polar surface area (TPSA) is 46.6 Å². The molecule has 1 heterocycles. The van der Waals surface area contributed by atoms with Gasteiger partial charge in [0.2, 0.25) is 0 Å². The van der Waals surface area contributed by atoms with E-state index in [0.717, 1.165) is 10.5 Å². The number of imide groups is 1. The summed E-state index contributed by atoms with van der Waals surface area (Å²) in [6.07, 6.45) is 0. The monoisotopic (exact) mass is 383 g/mol. The lowest BCUT2D eigenvalue weighted by atomic mass is 9.87. The first-order chi connectivity index (χ1) is 12.7. The Hall–Kier alpha value is -2.59. The van der Waals surface area contributed by atoms with E-state index in [-0.39, 0.29) is 16.0 Å². The van der Waals surface area contributed by atoms with Crippen LogP contribution >= 0.6 is 11.6 Å². The second-order valence-electron chi connectivity index (χ2n) is 7.39. The van der Waals surface area contributed by atoms with Crippen molar-refractivity contribution in [3.8, 4) is 5.75 Å². The van der Waals surface area contributed by atoms with Crippen LogP contribution in [0.5, 0.6) is 5.75 Å². The summed E-state index contributed by atoms with van der Waals surface area (Å²) >= 11 is 6.24. The molecule has 27 heavy (non-hydrogen) atoms. The van der Waals surface area contributed by atoms with Crippen LogP contribution in [-0.4, -0.2) is 18.4 Å². The molecule has 0 unspecified atom stereocenters. The van der Waals surface area contributed by atoms with Crippen LogP contribution in [0.25, 0.3) is 5.57 Å². The van der Waals surface area contributed by atoms with Gasteiger partial charge in [-0.2, -0.15) is 0 Å². The number of rotatable bonds is 4. The fourth-order valence-corrected chi connectivity index (χ4v) is 3.26. The maximum absolute atomic E-state index is 13.0. The lowest BCUT2D eigenvalue weighted by Crippen LogP contribution is -2.31. The van der Waals surface area contributed by atoms with Crippen molar-refractivity contribution in [2.24, 2.45) is 0 Å². The SMILES string of the molecule is CCOc1ccc(C2=C(Cl)C(=O)N(c3ccc(C(C)(C)C)cc3)C2=O)cc1. The molecular weight excluding hydrogens is 362 g/mol. The molecule has 2 aromatic carbocycles. The van der Waals surface area contributed by atoms with E-state index in [4.69, 9.17) is 16.3 Å². The molecule has 0 aliphatic carbocycles. The summed E-state index contributed by atoms with van der Waals surface area (Å²) in [5, 5.41) is -0.0657. The fourth-order valence-electron chi connectivity index (χ4n) is 2.98. The first-order valence-corrected chi connectivity index (χ1v) is 9.24. The number of hydrogen-bond acceptors (Lipinski definition) is 3. The van der Waals surface area contributed by atoms with E-state index in [2.05, 4.69) is 20.8 Å². The van der Waals surface area contributed by atoms with Crippen molar-refractivity contribution in [3.05, 3.63) is 64.7 Å². The van der Waals surface area contributed by atoms with Crippen LogP contribution in [0, 0.1) is 0 Å². The summed E-state index contributed by atoms with van der Waals surface area (Å²) in [6, 6.07) is 14.4. The van der Waals surface area contributed by atoms with Gasteiger partial charge in [0.15, 0.2) is 0 Å². The molecule has 1 aliphatic heterocycles. The molecule has 0 aromatic heterocycles. The van der Waals surface area contributed by atoms with Crippen LogP contribution in [-0.2, 0) is 15.0 Å². The van der Waals surface area contributed by atoms with Crippen LogP contribution in [0.1, 0.15) is 38.8 Å². The zero-order chi connectivity index (χ0) is 19.8. The average molecular weight is 384 g/mol. The van der Waals surface area contributed by atoms with Crippen LogP contribution in [0.15, 0.2) is 53.6 Å². The molecular formula is C22H22ClNO3. The molecule has 5 heteroatoms. The smallest absolute Gasteiger partial charge is 0.277 e. The van der Waals surface area contributed by atoms with E-state index in [9.17, 15) is 9.59 Å². The maximum atomic E-state index is 13.0. The molecule has 0 saturated heterocycles. The lowest BCUT2D eigenvalue weighted by Gasteiger charge is -2.21. The van der Waals surface area contributed by atoms with Gasteiger partial charge in [-0.15, -0.1) is 0 Å². The number of carbonyl (C=O) groups excluding carboxylic acids is 2. The molecule has 0 N–H and O–H groups in total. The molecule has 2 amide bonds. The minimum atomic E-state index is -0.505. The molecule has 0 radical (unpaired) electrons. The molecule has 0 bridgehead atoms. The highest BCUT2D eigenvalue weighted by atomic mass is 35.5. The molecule has 3 rings (SSSR count). The van der Waals surface area contributed by atoms with Crippen LogP contribution in [0.2, 0.25) is 0 Å². The van der Waals surface area contributed by atoms with Crippen molar-refractivity contribution in [2.45, 2.75) is 33.1 Å². The van der Waals surface area contributed by atoms with Crippen LogP contribution in [0.3, 0.4) is 0 Å². The highest BCUT2D eigenvalue weighted by molar-refractivity contribution is 6.60.